The summed E-state index contributed by atoms with van der Waals surface area (Å²) >= 11 is 1.54. The van der Waals surface area contributed by atoms with Gasteiger partial charge in [0, 0.05) is 36.3 Å². The molecule has 12 heteroatoms. The molecule has 0 radical (unpaired) electrons. The molecule has 7 nitrogen and oxygen atoms in total. The molecule has 0 aromatic heterocycles. The minimum absolute atomic E-state index is 0.0611. The van der Waals surface area contributed by atoms with Gasteiger partial charge in [-0.05, 0) is 56.0 Å². The average molecular weight is 560 g/mol. The van der Waals surface area contributed by atoms with Gasteiger partial charge in [-0.3, -0.25) is 4.79 Å². The lowest BCUT2D eigenvalue weighted by Crippen LogP contribution is -2.40. The number of thioether (sulfide) groups is 1. The van der Waals surface area contributed by atoms with E-state index in [1.54, 1.807) is 24.8 Å². The predicted molar refractivity (Wildman–Crippen MR) is 138 cm³/mol. The number of carbonyl (C=O) groups excluding carboxylic acids is 1. The summed E-state index contributed by atoms with van der Waals surface area (Å²) in [5, 5.41) is 3.10. The highest BCUT2D eigenvalue weighted by molar-refractivity contribution is 7.99. The number of aryl methyl sites for hydroxylation is 1. The fourth-order valence-electron chi connectivity index (χ4n) is 4.05. The molecule has 1 aliphatic rings. The van der Waals surface area contributed by atoms with Gasteiger partial charge in [0.1, 0.15) is 6.10 Å². The van der Waals surface area contributed by atoms with E-state index in [2.05, 4.69) is 10.2 Å². The summed E-state index contributed by atoms with van der Waals surface area (Å²) in [4.78, 5) is 13.9. The Labute approximate surface area is 219 Å². The minimum atomic E-state index is -5.53. The Morgan fingerprint density at radius 3 is 2.49 bits per heavy atom. The maximum Gasteiger partial charge on any atom is 0.501 e. The third-order valence-corrected chi connectivity index (χ3v) is 8.78. The van der Waals surface area contributed by atoms with E-state index in [1.165, 1.54) is 6.07 Å². The number of carbonyl (C=O) groups is 1. The molecular weight excluding hydrogens is 527 g/mol. The molecule has 204 valence electrons. The van der Waals surface area contributed by atoms with Gasteiger partial charge in [0.15, 0.2) is 0 Å². The van der Waals surface area contributed by atoms with Crippen molar-refractivity contribution in [1.29, 1.82) is 0 Å². The molecule has 3 rings (SSSR count). The Morgan fingerprint density at radius 2 is 1.86 bits per heavy atom. The van der Waals surface area contributed by atoms with E-state index < -0.39 is 26.2 Å². The van der Waals surface area contributed by atoms with Crippen molar-refractivity contribution in [1.82, 2.24) is 4.90 Å². The number of rotatable bonds is 11. The number of nitrogens with one attached hydrogen (secondary N) is 1. The van der Waals surface area contributed by atoms with E-state index in [0.717, 1.165) is 11.0 Å². The Morgan fingerprint density at radius 1 is 1.19 bits per heavy atom. The number of ether oxygens (including phenoxy) is 1. The number of likely N-dealkylation sites (tertiary alicyclic amines) is 1. The van der Waals surface area contributed by atoms with Crippen molar-refractivity contribution >= 4 is 33.3 Å². The maximum atomic E-state index is 13.4. The number of hydrogen-bond donors (Lipinski definition) is 2. The van der Waals surface area contributed by atoms with Gasteiger partial charge >= 0.3 is 11.5 Å². The van der Waals surface area contributed by atoms with Crippen LogP contribution in [0.5, 0.6) is 0 Å². The number of piperidine rings is 1. The molecule has 37 heavy (non-hydrogen) atoms. The first-order chi connectivity index (χ1) is 17.5. The van der Waals surface area contributed by atoms with Crippen molar-refractivity contribution in [2.75, 3.05) is 37.2 Å². The van der Waals surface area contributed by atoms with E-state index in [1.807, 2.05) is 30.3 Å². The largest absolute Gasteiger partial charge is 0.501 e. The van der Waals surface area contributed by atoms with Crippen molar-refractivity contribution in [3.8, 4) is 0 Å². The number of nitrogens with zero attached hydrogens (tertiary/aromatic N) is 1. The Bertz CT molecular complexity index is 1140. The molecule has 1 atom stereocenters. The van der Waals surface area contributed by atoms with Gasteiger partial charge in [0.2, 0.25) is 0 Å². The topological polar surface area (TPSA) is 102 Å². The van der Waals surface area contributed by atoms with Crippen LogP contribution in [0.25, 0.3) is 0 Å². The third-order valence-electron chi connectivity index (χ3n) is 6.08. The third kappa shape index (κ3) is 8.36. The zero-order chi connectivity index (χ0) is 27.1. The first-order valence-electron chi connectivity index (χ1n) is 12.0. The SMILES string of the molecule is Cc1ccc(N[C@H](CCN2CCC(OC(=O)CN)CC2)CSc2ccccc2)c(S(=O)(=O)C(F)(F)F)c1. The highest BCUT2D eigenvalue weighted by Crippen LogP contribution is 2.35. The van der Waals surface area contributed by atoms with Crippen LogP contribution in [0.2, 0.25) is 0 Å². The van der Waals surface area contributed by atoms with Gasteiger partial charge in [-0.1, -0.05) is 24.3 Å². The smallest absolute Gasteiger partial charge is 0.461 e. The van der Waals surface area contributed by atoms with Crippen LogP contribution in [0.1, 0.15) is 24.8 Å². The first kappa shape index (κ1) is 29.3. The molecule has 1 heterocycles. The number of anilines is 1. The lowest BCUT2D eigenvalue weighted by Gasteiger charge is -2.33. The van der Waals surface area contributed by atoms with Crippen LogP contribution in [0.3, 0.4) is 0 Å². The lowest BCUT2D eigenvalue weighted by atomic mass is 10.1. The molecule has 3 N–H and O–H groups in total. The number of hydrogen-bond acceptors (Lipinski definition) is 8. The van der Waals surface area contributed by atoms with E-state index >= 15 is 0 Å². The Kier molecular flexibility index (Phi) is 10.3. The second kappa shape index (κ2) is 13.0. The minimum Gasteiger partial charge on any atom is -0.461 e. The number of sulfone groups is 1. The maximum absolute atomic E-state index is 13.4. The molecule has 0 aliphatic carbocycles. The number of esters is 1. The van der Waals surface area contributed by atoms with Gasteiger partial charge in [-0.25, -0.2) is 8.42 Å². The van der Waals surface area contributed by atoms with Gasteiger partial charge in [0.05, 0.1) is 17.1 Å². The quantitative estimate of drug-likeness (QED) is 0.312. The second-order valence-electron chi connectivity index (χ2n) is 8.94. The van der Waals surface area contributed by atoms with Crippen molar-refractivity contribution in [2.24, 2.45) is 5.73 Å². The molecule has 1 aliphatic heterocycles. The van der Waals surface area contributed by atoms with Crippen LogP contribution < -0.4 is 11.1 Å². The zero-order valence-corrected chi connectivity index (χ0v) is 22.2. The second-order valence-corrected chi connectivity index (χ2v) is 11.9. The molecule has 0 unspecified atom stereocenters. The van der Waals surface area contributed by atoms with E-state index in [0.29, 0.717) is 50.2 Å². The summed E-state index contributed by atoms with van der Waals surface area (Å²) in [6.45, 7) is 3.46. The van der Waals surface area contributed by atoms with Crippen molar-refractivity contribution < 1.29 is 31.1 Å². The van der Waals surface area contributed by atoms with Crippen LogP contribution in [0.4, 0.5) is 18.9 Å². The number of alkyl halides is 3. The van der Waals surface area contributed by atoms with E-state index in [-0.39, 0.29) is 24.4 Å². The molecule has 1 fully saturated rings. The Hall–Kier alpha value is -2.28. The number of benzene rings is 2. The first-order valence-corrected chi connectivity index (χ1v) is 14.4. The van der Waals surface area contributed by atoms with E-state index in [9.17, 15) is 26.4 Å². The number of halogens is 3. The normalized spacial score (nSPS) is 16.4. The molecule has 0 spiro atoms. The van der Waals surface area contributed by atoms with Crippen molar-refractivity contribution in [3.63, 3.8) is 0 Å². The standard InChI is InChI=1S/C25H32F3N3O4S2/c1-18-7-8-22(23(15-18)37(33,34)25(26,27)28)30-19(17-36-21-5-3-2-4-6-21)9-12-31-13-10-20(11-14-31)35-24(32)16-29/h2-8,15,19-20,30H,9-14,16-17,29H2,1H3/t19-/m1/s1. The average Bonchev–Trinajstić information content (AvgIpc) is 2.87. The summed E-state index contributed by atoms with van der Waals surface area (Å²) in [5.74, 6) is 0.0944. The molecular formula is C25H32F3N3O4S2. The van der Waals surface area contributed by atoms with Crippen molar-refractivity contribution in [2.45, 2.75) is 53.6 Å². The van der Waals surface area contributed by atoms with Crippen LogP contribution in [-0.4, -0.2) is 68.9 Å². The molecule has 2 aromatic carbocycles. The van der Waals surface area contributed by atoms with Gasteiger partial charge < -0.3 is 20.7 Å². The monoisotopic (exact) mass is 559 g/mol. The fraction of sp³-hybridized carbons (Fsp3) is 0.480. The van der Waals surface area contributed by atoms with Gasteiger partial charge in [-0.15, -0.1) is 11.8 Å². The summed E-state index contributed by atoms with van der Waals surface area (Å²) < 4.78 is 70.1. The highest BCUT2D eigenvalue weighted by Gasteiger charge is 2.48. The lowest BCUT2D eigenvalue weighted by molar-refractivity contribution is -0.149. The van der Waals surface area contributed by atoms with Crippen LogP contribution in [0, 0.1) is 6.92 Å². The number of nitrogens with two attached hydrogens (primary N) is 1. The molecule has 1 saturated heterocycles. The summed E-state index contributed by atoms with van der Waals surface area (Å²) in [5.41, 5.74) is 0.264. The molecule has 2 aromatic rings. The highest BCUT2D eigenvalue weighted by atomic mass is 32.2. The van der Waals surface area contributed by atoms with Gasteiger partial charge in [-0.2, -0.15) is 13.2 Å². The molecule has 0 saturated carbocycles. The Balaban J connectivity index is 1.72. The van der Waals surface area contributed by atoms with Crippen LogP contribution in [0.15, 0.2) is 58.3 Å². The zero-order valence-electron chi connectivity index (χ0n) is 20.5. The van der Waals surface area contributed by atoms with Crippen LogP contribution in [-0.2, 0) is 19.4 Å². The van der Waals surface area contributed by atoms with Gasteiger partial charge in [0.25, 0.3) is 9.84 Å². The summed E-state index contributed by atoms with van der Waals surface area (Å²) in [7, 11) is -5.53. The summed E-state index contributed by atoms with van der Waals surface area (Å²) in [6, 6.07) is 13.3. The van der Waals surface area contributed by atoms with Crippen LogP contribution >= 0.6 is 11.8 Å². The van der Waals surface area contributed by atoms with Crippen molar-refractivity contribution in [3.05, 3.63) is 54.1 Å². The molecule has 0 bridgehead atoms. The summed E-state index contributed by atoms with van der Waals surface area (Å²) in [6.07, 6.45) is 1.76. The fourth-order valence-corrected chi connectivity index (χ4v) is 6.05. The van der Waals surface area contributed by atoms with E-state index in [4.69, 9.17) is 10.5 Å². The molecule has 0 amide bonds. The predicted octanol–water partition coefficient (Wildman–Crippen LogP) is 4.22.